The SMILES string of the molecule is O=C(O)CCNC(=O)c1ccc(CNC(=O)c2ccccc2)cc1. The van der Waals surface area contributed by atoms with Crippen molar-refractivity contribution in [1.82, 2.24) is 10.6 Å². The van der Waals surface area contributed by atoms with Gasteiger partial charge in [0.15, 0.2) is 0 Å². The molecule has 0 heterocycles. The zero-order valence-electron chi connectivity index (χ0n) is 13.0. The van der Waals surface area contributed by atoms with Crippen LogP contribution >= 0.6 is 0 Å². The van der Waals surface area contributed by atoms with Crippen LogP contribution in [0.15, 0.2) is 54.6 Å². The van der Waals surface area contributed by atoms with Gasteiger partial charge in [0.1, 0.15) is 0 Å². The molecule has 0 radical (unpaired) electrons. The summed E-state index contributed by atoms with van der Waals surface area (Å²) in [7, 11) is 0. The Morgan fingerprint density at radius 2 is 1.38 bits per heavy atom. The highest BCUT2D eigenvalue weighted by atomic mass is 16.4. The van der Waals surface area contributed by atoms with E-state index in [-0.39, 0.29) is 24.8 Å². The fourth-order valence-corrected chi connectivity index (χ4v) is 2.03. The minimum Gasteiger partial charge on any atom is -0.481 e. The second-order valence-electron chi connectivity index (χ2n) is 5.15. The number of benzene rings is 2. The van der Waals surface area contributed by atoms with E-state index >= 15 is 0 Å². The van der Waals surface area contributed by atoms with Crippen LogP contribution in [-0.2, 0) is 11.3 Å². The summed E-state index contributed by atoms with van der Waals surface area (Å²) in [6, 6.07) is 15.7. The van der Waals surface area contributed by atoms with Crippen molar-refractivity contribution in [3.05, 3.63) is 71.3 Å². The molecule has 0 aliphatic heterocycles. The molecule has 0 unspecified atom stereocenters. The number of rotatable bonds is 7. The van der Waals surface area contributed by atoms with Crippen LogP contribution in [0.5, 0.6) is 0 Å². The number of carboxylic acid groups (broad SMARTS) is 1. The smallest absolute Gasteiger partial charge is 0.305 e. The predicted octanol–water partition coefficient (Wildman–Crippen LogP) is 1.82. The van der Waals surface area contributed by atoms with Gasteiger partial charge in [0, 0.05) is 24.2 Å². The first-order valence-corrected chi connectivity index (χ1v) is 7.48. The Bertz CT molecular complexity index is 712. The van der Waals surface area contributed by atoms with E-state index in [0.29, 0.717) is 17.7 Å². The van der Waals surface area contributed by atoms with Crippen molar-refractivity contribution in [3.63, 3.8) is 0 Å². The molecule has 2 amide bonds. The topological polar surface area (TPSA) is 95.5 Å². The zero-order chi connectivity index (χ0) is 17.4. The van der Waals surface area contributed by atoms with Crippen molar-refractivity contribution in [2.24, 2.45) is 0 Å². The molecule has 0 saturated carbocycles. The molecule has 0 saturated heterocycles. The molecule has 2 aromatic carbocycles. The second-order valence-corrected chi connectivity index (χ2v) is 5.15. The lowest BCUT2D eigenvalue weighted by atomic mass is 10.1. The van der Waals surface area contributed by atoms with E-state index < -0.39 is 5.97 Å². The summed E-state index contributed by atoms with van der Waals surface area (Å²) in [5.74, 6) is -1.44. The Morgan fingerprint density at radius 1 is 0.792 bits per heavy atom. The highest BCUT2D eigenvalue weighted by molar-refractivity contribution is 5.95. The van der Waals surface area contributed by atoms with Crippen molar-refractivity contribution in [2.45, 2.75) is 13.0 Å². The molecule has 124 valence electrons. The molecule has 0 aliphatic rings. The number of carbonyl (C=O) groups excluding carboxylic acids is 2. The fraction of sp³-hybridized carbons (Fsp3) is 0.167. The van der Waals surface area contributed by atoms with Gasteiger partial charge in [-0.25, -0.2) is 0 Å². The number of amides is 2. The van der Waals surface area contributed by atoms with Gasteiger partial charge in [-0.15, -0.1) is 0 Å². The minimum absolute atomic E-state index is 0.0864. The summed E-state index contributed by atoms with van der Waals surface area (Å²) in [4.78, 5) is 34.2. The van der Waals surface area contributed by atoms with Crippen molar-refractivity contribution in [2.75, 3.05) is 6.54 Å². The number of hydrogen-bond donors (Lipinski definition) is 3. The maximum Gasteiger partial charge on any atom is 0.305 e. The molecule has 0 aliphatic carbocycles. The fourth-order valence-electron chi connectivity index (χ4n) is 2.03. The van der Waals surface area contributed by atoms with E-state index in [9.17, 15) is 14.4 Å². The van der Waals surface area contributed by atoms with Gasteiger partial charge in [0.2, 0.25) is 0 Å². The maximum atomic E-state index is 11.9. The molecular formula is C18H18N2O4. The predicted molar refractivity (Wildman–Crippen MR) is 88.6 cm³/mol. The molecule has 0 aromatic heterocycles. The Kier molecular flexibility index (Phi) is 6.08. The molecule has 24 heavy (non-hydrogen) atoms. The monoisotopic (exact) mass is 326 g/mol. The number of nitrogens with one attached hydrogen (secondary N) is 2. The van der Waals surface area contributed by atoms with Crippen molar-refractivity contribution >= 4 is 17.8 Å². The quantitative estimate of drug-likeness (QED) is 0.723. The first kappa shape index (κ1) is 17.2. The molecule has 6 nitrogen and oxygen atoms in total. The Balaban J connectivity index is 1.84. The molecular weight excluding hydrogens is 308 g/mol. The van der Waals surface area contributed by atoms with Crippen LogP contribution in [0, 0.1) is 0 Å². The third kappa shape index (κ3) is 5.24. The highest BCUT2D eigenvalue weighted by Crippen LogP contribution is 2.05. The van der Waals surface area contributed by atoms with E-state index in [2.05, 4.69) is 10.6 Å². The van der Waals surface area contributed by atoms with Crippen LogP contribution in [-0.4, -0.2) is 29.4 Å². The molecule has 2 rings (SSSR count). The van der Waals surface area contributed by atoms with Gasteiger partial charge in [-0.3, -0.25) is 14.4 Å². The van der Waals surface area contributed by atoms with Gasteiger partial charge < -0.3 is 15.7 Å². The summed E-state index contributed by atoms with van der Waals surface area (Å²) in [6.07, 6.45) is -0.116. The number of hydrogen-bond acceptors (Lipinski definition) is 3. The summed E-state index contributed by atoms with van der Waals surface area (Å²) < 4.78 is 0. The lowest BCUT2D eigenvalue weighted by Crippen LogP contribution is -2.26. The lowest BCUT2D eigenvalue weighted by Gasteiger charge is -2.07. The van der Waals surface area contributed by atoms with Crippen LogP contribution in [0.4, 0.5) is 0 Å². The Labute approximate surface area is 139 Å². The van der Waals surface area contributed by atoms with Gasteiger partial charge in [0.25, 0.3) is 11.8 Å². The van der Waals surface area contributed by atoms with E-state index in [0.717, 1.165) is 5.56 Å². The first-order chi connectivity index (χ1) is 11.6. The third-order valence-corrected chi connectivity index (χ3v) is 3.33. The van der Waals surface area contributed by atoms with Crippen molar-refractivity contribution in [3.8, 4) is 0 Å². The average molecular weight is 326 g/mol. The van der Waals surface area contributed by atoms with Gasteiger partial charge in [-0.1, -0.05) is 30.3 Å². The Hall–Kier alpha value is -3.15. The highest BCUT2D eigenvalue weighted by Gasteiger charge is 2.07. The molecule has 6 heteroatoms. The number of carboxylic acids is 1. The summed E-state index contributed by atoms with van der Waals surface area (Å²) >= 11 is 0. The summed E-state index contributed by atoms with van der Waals surface area (Å²) in [6.45, 7) is 0.442. The number of aliphatic carboxylic acids is 1. The normalized spacial score (nSPS) is 10.0. The zero-order valence-corrected chi connectivity index (χ0v) is 13.0. The third-order valence-electron chi connectivity index (χ3n) is 3.33. The molecule has 0 fully saturated rings. The molecule has 0 atom stereocenters. The van der Waals surface area contributed by atoms with Crippen LogP contribution < -0.4 is 10.6 Å². The van der Waals surface area contributed by atoms with Crippen LogP contribution in [0.25, 0.3) is 0 Å². The van der Waals surface area contributed by atoms with E-state index in [1.54, 1.807) is 48.5 Å². The lowest BCUT2D eigenvalue weighted by molar-refractivity contribution is -0.136. The van der Waals surface area contributed by atoms with Gasteiger partial charge in [0.05, 0.1) is 6.42 Å². The number of carbonyl (C=O) groups is 3. The van der Waals surface area contributed by atoms with Crippen LogP contribution in [0.2, 0.25) is 0 Å². The summed E-state index contributed by atoms with van der Waals surface area (Å²) in [5.41, 5.74) is 1.90. The van der Waals surface area contributed by atoms with Gasteiger partial charge in [-0.2, -0.15) is 0 Å². The first-order valence-electron chi connectivity index (χ1n) is 7.48. The molecule has 3 N–H and O–H groups in total. The summed E-state index contributed by atoms with van der Waals surface area (Å²) in [5, 5.41) is 13.9. The van der Waals surface area contributed by atoms with Gasteiger partial charge in [-0.05, 0) is 29.8 Å². The standard InChI is InChI=1S/C18H18N2O4/c21-16(22)10-11-19-17(23)15-8-6-13(7-9-15)12-20-18(24)14-4-2-1-3-5-14/h1-9H,10-12H2,(H,19,23)(H,20,24)(H,21,22). The average Bonchev–Trinajstić information content (AvgIpc) is 2.60. The van der Waals surface area contributed by atoms with E-state index in [1.165, 1.54) is 0 Å². The largest absolute Gasteiger partial charge is 0.481 e. The van der Waals surface area contributed by atoms with E-state index in [1.807, 2.05) is 6.07 Å². The second kappa shape index (κ2) is 8.47. The molecule has 2 aromatic rings. The van der Waals surface area contributed by atoms with Crippen LogP contribution in [0.1, 0.15) is 32.7 Å². The maximum absolute atomic E-state index is 11.9. The van der Waals surface area contributed by atoms with Crippen molar-refractivity contribution in [1.29, 1.82) is 0 Å². The minimum atomic E-state index is -0.959. The Morgan fingerprint density at radius 3 is 2.00 bits per heavy atom. The molecule has 0 spiro atoms. The molecule has 0 bridgehead atoms. The van der Waals surface area contributed by atoms with Crippen LogP contribution in [0.3, 0.4) is 0 Å². The van der Waals surface area contributed by atoms with Gasteiger partial charge >= 0.3 is 5.97 Å². The van der Waals surface area contributed by atoms with E-state index in [4.69, 9.17) is 5.11 Å². The van der Waals surface area contributed by atoms with Crippen molar-refractivity contribution < 1.29 is 19.5 Å².